The molecular formula is C63H84Br6. The van der Waals surface area contributed by atoms with Gasteiger partial charge in [0.05, 0.1) is 0 Å². The van der Waals surface area contributed by atoms with Crippen LogP contribution in [0.3, 0.4) is 0 Å². The van der Waals surface area contributed by atoms with Gasteiger partial charge in [-0.2, -0.15) is 0 Å². The molecule has 378 valence electrons. The summed E-state index contributed by atoms with van der Waals surface area (Å²) in [7, 11) is 0. The minimum Gasteiger partial charge on any atom is -0.0654 e. The van der Waals surface area contributed by atoms with E-state index < -0.39 is 0 Å². The van der Waals surface area contributed by atoms with E-state index in [4.69, 9.17) is 0 Å². The summed E-state index contributed by atoms with van der Waals surface area (Å²) in [5, 5.41) is 0. The van der Waals surface area contributed by atoms with Crippen molar-refractivity contribution in [2.24, 2.45) is 0 Å². The van der Waals surface area contributed by atoms with Gasteiger partial charge in [0.15, 0.2) is 0 Å². The van der Waals surface area contributed by atoms with E-state index in [9.17, 15) is 0 Å². The van der Waals surface area contributed by atoms with Gasteiger partial charge in [-0.1, -0.05) is 196 Å². The van der Waals surface area contributed by atoms with E-state index in [-0.39, 0.29) is 16.2 Å². The van der Waals surface area contributed by atoms with Gasteiger partial charge in [-0.05, 0) is 237 Å². The number of halogens is 6. The Bertz CT molecular complexity index is 2050. The maximum atomic E-state index is 4.19. The lowest BCUT2D eigenvalue weighted by Crippen LogP contribution is -2.31. The molecule has 4 aromatic carbocycles. The van der Waals surface area contributed by atoms with Crippen LogP contribution in [-0.4, -0.2) is 0 Å². The normalized spacial score (nSPS) is 15.3. The summed E-state index contributed by atoms with van der Waals surface area (Å²) in [5.74, 6) is 0. The van der Waals surface area contributed by atoms with Crippen LogP contribution in [0.2, 0.25) is 0 Å². The Balaban J connectivity index is 1.75. The van der Waals surface area contributed by atoms with Gasteiger partial charge in [-0.25, -0.2) is 0 Å². The maximum absolute atomic E-state index is 4.19. The highest BCUT2D eigenvalue weighted by Gasteiger charge is 2.58. The Morgan fingerprint density at radius 2 is 0.449 bits per heavy atom. The molecule has 7 rings (SSSR count). The van der Waals surface area contributed by atoms with E-state index in [0.29, 0.717) is 0 Å². The molecule has 3 aliphatic rings. The first-order chi connectivity index (χ1) is 33.5. The van der Waals surface area contributed by atoms with Crippen LogP contribution in [0.1, 0.15) is 268 Å². The molecule has 0 N–H and O–H groups in total. The second kappa shape index (κ2) is 26.0. The van der Waals surface area contributed by atoms with Gasteiger partial charge in [0, 0.05) is 43.1 Å². The van der Waals surface area contributed by atoms with Crippen molar-refractivity contribution in [1.82, 2.24) is 0 Å². The molecule has 0 amide bonds. The van der Waals surface area contributed by atoms with Crippen molar-refractivity contribution in [1.29, 1.82) is 0 Å². The van der Waals surface area contributed by atoms with Crippen molar-refractivity contribution < 1.29 is 0 Å². The summed E-state index contributed by atoms with van der Waals surface area (Å²) in [6, 6.07) is 15.6. The van der Waals surface area contributed by atoms with Gasteiger partial charge < -0.3 is 0 Å². The first kappa shape index (κ1) is 56.5. The largest absolute Gasteiger partial charge is 0.0654 e. The average molecular weight is 1320 g/mol. The molecule has 0 unspecified atom stereocenters. The minimum absolute atomic E-state index is 0.0993. The van der Waals surface area contributed by atoms with Crippen molar-refractivity contribution in [3.8, 4) is 33.4 Å². The molecule has 0 spiro atoms. The van der Waals surface area contributed by atoms with Crippen LogP contribution in [0, 0.1) is 0 Å². The van der Waals surface area contributed by atoms with Gasteiger partial charge in [-0.15, -0.1) is 0 Å². The molecule has 0 aromatic heterocycles. The van der Waals surface area contributed by atoms with Gasteiger partial charge in [0.1, 0.15) is 0 Å². The Morgan fingerprint density at radius 1 is 0.261 bits per heavy atom. The van der Waals surface area contributed by atoms with E-state index >= 15 is 0 Å². The van der Waals surface area contributed by atoms with Crippen molar-refractivity contribution in [3.63, 3.8) is 0 Å². The van der Waals surface area contributed by atoms with Crippen molar-refractivity contribution in [3.05, 3.63) is 96.6 Å². The molecule has 69 heavy (non-hydrogen) atoms. The number of rotatable bonds is 30. The Hall–Kier alpha value is -0.240. The lowest BCUT2D eigenvalue weighted by molar-refractivity contribution is 0.389. The highest BCUT2D eigenvalue weighted by atomic mass is 79.9. The Labute approximate surface area is 471 Å². The van der Waals surface area contributed by atoms with Gasteiger partial charge in [0.25, 0.3) is 0 Å². The van der Waals surface area contributed by atoms with Crippen LogP contribution in [0.15, 0.2) is 63.2 Å². The van der Waals surface area contributed by atoms with Gasteiger partial charge in [-0.3, -0.25) is 0 Å². The monoisotopic (exact) mass is 1310 g/mol. The van der Waals surface area contributed by atoms with Crippen molar-refractivity contribution in [2.45, 2.75) is 250 Å². The summed E-state index contributed by atoms with van der Waals surface area (Å²) in [5.41, 5.74) is 19.1. The first-order valence-corrected chi connectivity index (χ1v) is 33.0. The molecule has 0 bridgehead atoms. The molecule has 0 fully saturated rings. The molecular weight excluding hydrogens is 1240 g/mol. The molecule has 0 heterocycles. The van der Waals surface area contributed by atoms with Crippen LogP contribution in [0.5, 0.6) is 0 Å². The highest BCUT2D eigenvalue weighted by Crippen LogP contribution is 2.72. The molecule has 0 aliphatic heterocycles. The zero-order valence-corrected chi connectivity index (χ0v) is 53.0. The molecule has 4 aromatic rings. The van der Waals surface area contributed by atoms with Crippen LogP contribution in [0.4, 0.5) is 0 Å². The van der Waals surface area contributed by atoms with E-state index in [1.807, 2.05) is 0 Å². The molecule has 0 radical (unpaired) electrons. The molecule has 0 saturated carbocycles. The number of hydrogen-bond donors (Lipinski definition) is 0. The SMILES string of the molecule is CCCCCCC1(CCCCCC)c2cc(Br)c(Br)cc2-c2c1c1c(c3c2C(CCCCCC)(CCCCCC)c2cc(Br)c(Br)cc2-3)C(CCCCCC)(CCCCCC)c2cc(Br)c(Br)cc2-1. The number of hydrogen-bond acceptors (Lipinski definition) is 0. The fourth-order valence-corrected chi connectivity index (χ4v) is 16.0. The second-order valence-electron chi connectivity index (χ2n) is 21.8. The number of unbranched alkanes of at least 4 members (excludes halogenated alkanes) is 18. The molecule has 0 saturated heterocycles. The third kappa shape index (κ3) is 11.2. The van der Waals surface area contributed by atoms with E-state index in [0.717, 1.165) is 0 Å². The van der Waals surface area contributed by atoms with E-state index in [2.05, 4.69) is 174 Å². The fraction of sp³-hybridized carbons (Fsp3) is 0.619. The minimum atomic E-state index is -0.0993. The van der Waals surface area contributed by atoms with Crippen LogP contribution in [-0.2, 0) is 16.2 Å². The van der Waals surface area contributed by atoms with Crippen molar-refractivity contribution >= 4 is 95.6 Å². The standard InChI is InChI=1S/C63H84Br6/c1-7-13-19-25-31-61(32-26-20-14-8-2)46-40-52(67)49(64)37-43(46)55-58(61)56-44-38-50(65)53(68)41-47(44)62(33-27-21-15-9-3,34-28-22-16-10-4)60(56)57-45-39-51(66)54(69)42-48(45)63(59(55)57,35-29-23-17-11-5)36-30-24-18-12-6/h37-42H,7-36H2,1-6H3. The summed E-state index contributed by atoms with van der Waals surface area (Å²) < 4.78 is 7.14. The molecule has 0 atom stereocenters. The molecule has 3 aliphatic carbocycles. The van der Waals surface area contributed by atoms with Gasteiger partial charge >= 0.3 is 0 Å². The zero-order chi connectivity index (χ0) is 49.3. The summed E-state index contributed by atoms with van der Waals surface area (Å²) in [6.45, 7) is 14.3. The lowest BCUT2D eigenvalue weighted by atomic mass is 9.63. The molecule has 6 heteroatoms. The summed E-state index contributed by atoms with van der Waals surface area (Å²) >= 11 is 25.2. The van der Waals surface area contributed by atoms with E-state index in [1.165, 1.54) is 236 Å². The topological polar surface area (TPSA) is 0 Å². The van der Waals surface area contributed by atoms with Gasteiger partial charge in [0.2, 0.25) is 0 Å². The average Bonchev–Trinajstić information content (AvgIpc) is 3.86. The molecule has 0 nitrogen and oxygen atoms in total. The summed E-state index contributed by atoms with van der Waals surface area (Å²) in [6.07, 6.45) is 37.9. The predicted octanol–water partition coefficient (Wildman–Crippen LogP) is 24.9. The smallest absolute Gasteiger partial charge is 0.0323 e. The van der Waals surface area contributed by atoms with Crippen molar-refractivity contribution in [2.75, 3.05) is 0 Å². The third-order valence-electron chi connectivity index (χ3n) is 17.2. The number of fused-ring (bicyclic) bond motifs is 12. The second-order valence-corrected chi connectivity index (χ2v) is 26.9. The van der Waals surface area contributed by atoms with Crippen LogP contribution >= 0.6 is 95.6 Å². The fourth-order valence-electron chi connectivity index (χ4n) is 13.9. The van der Waals surface area contributed by atoms with Crippen LogP contribution in [0.25, 0.3) is 33.4 Å². The third-order valence-corrected chi connectivity index (χ3v) is 22.7. The zero-order valence-electron chi connectivity index (χ0n) is 43.4. The van der Waals surface area contributed by atoms with E-state index in [1.54, 1.807) is 50.1 Å². The Morgan fingerprint density at radius 3 is 0.638 bits per heavy atom. The Kier molecular flexibility index (Phi) is 21.3. The van der Waals surface area contributed by atoms with Crippen LogP contribution < -0.4 is 0 Å². The summed E-state index contributed by atoms with van der Waals surface area (Å²) in [4.78, 5) is 0. The lowest BCUT2D eigenvalue weighted by Gasteiger charge is -2.39. The number of benzene rings is 4. The highest BCUT2D eigenvalue weighted by molar-refractivity contribution is 9.13. The maximum Gasteiger partial charge on any atom is 0.0323 e. The predicted molar refractivity (Wildman–Crippen MR) is 324 cm³/mol. The quantitative estimate of drug-likeness (QED) is 0.0457. The first-order valence-electron chi connectivity index (χ1n) is 28.2.